The second kappa shape index (κ2) is 5.64. The molecule has 1 rings (SSSR count). The van der Waals surface area contributed by atoms with Gasteiger partial charge in [-0.15, -0.1) is 0 Å². The molecule has 18 heavy (non-hydrogen) atoms. The fourth-order valence-electron chi connectivity index (χ4n) is 0.940. The Hall–Kier alpha value is -0.510. The quantitative estimate of drug-likeness (QED) is 0.860. The van der Waals surface area contributed by atoms with E-state index in [1.54, 1.807) is 0 Å². The first-order valence-corrected chi connectivity index (χ1v) is 7.04. The van der Waals surface area contributed by atoms with Crippen LogP contribution < -0.4 is 9.44 Å². The molecule has 0 fully saturated rings. The van der Waals surface area contributed by atoms with E-state index in [9.17, 15) is 21.6 Å². The molecule has 4 nitrogen and oxygen atoms in total. The Kier molecular flexibility index (Phi) is 4.87. The van der Waals surface area contributed by atoms with E-state index in [0.29, 0.717) is 0 Å². The van der Waals surface area contributed by atoms with E-state index in [4.69, 9.17) is 11.6 Å². The molecule has 0 saturated heterocycles. The molecule has 0 spiro atoms. The Bertz CT molecular complexity index is 536. The zero-order valence-electron chi connectivity index (χ0n) is 8.55. The molecule has 102 valence electrons. The van der Waals surface area contributed by atoms with Crippen molar-refractivity contribution in [3.05, 3.63) is 27.7 Å². The SMILES string of the molecule is O=S(=O)(NCC(F)(F)F)Nc1cccc(Cl)c1Br. The maximum absolute atomic E-state index is 11.9. The second-order valence-electron chi connectivity index (χ2n) is 3.14. The predicted octanol–water partition coefficient (Wildman–Crippen LogP) is 2.91. The third-order valence-corrected chi connectivity index (χ3v) is 4.07. The summed E-state index contributed by atoms with van der Waals surface area (Å²) in [7, 11) is -4.32. The van der Waals surface area contributed by atoms with E-state index in [-0.39, 0.29) is 15.2 Å². The second-order valence-corrected chi connectivity index (χ2v) is 5.84. The number of alkyl halides is 3. The summed E-state index contributed by atoms with van der Waals surface area (Å²) in [5.74, 6) is 0. The third kappa shape index (κ3) is 5.01. The lowest BCUT2D eigenvalue weighted by atomic mass is 10.3. The number of benzene rings is 1. The summed E-state index contributed by atoms with van der Waals surface area (Å²) in [6.45, 7) is -1.65. The first kappa shape index (κ1) is 15.5. The smallest absolute Gasteiger partial charge is 0.270 e. The molecule has 0 radical (unpaired) electrons. The average molecular weight is 368 g/mol. The minimum atomic E-state index is -4.62. The Morgan fingerprint density at radius 3 is 2.50 bits per heavy atom. The van der Waals surface area contributed by atoms with Crippen molar-refractivity contribution >= 4 is 43.4 Å². The number of rotatable bonds is 4. The molecule has 0 aliphatic heterocycles. The van der Waals surface area contributed by atoms with E-state index in [1.165, 1.54) is 22.9 Å². The number of halogens is 5. The zero-order valence-corrected chi connectivity index (χ0v) is 11.7. The van der Waals surface area contributed by atoms with Crippen LogP contribution in [0.2, 0.25) is 5.02 Å². The van der Waals surface area contributed by atoms with Crippen LogP contribution in [0.15, 0.2) is 22.7 Å². The van der Waals surface area contributed by atoms with Gasteiger partial charge in [0.2, 0.25) is 0 Å². The molecule has 2 N–H and O–H groups in total. The van der Waals surface area contributed by atoms with E-state index < -0.39 is 22.9 Å². The van der Waals surface area contributed by atoms with Gasteiger partial charge in [0, 0.05) is 0 Å². The van der Waals surface area contributed by atoms with Crippen LogP contribution in [-0.4, -0.2) is 21.1 Å². The molecular weight excluding hydrogens is 361 g/mol. The fourth-order valence-corrected chi connectivity index (χ4v) is 2.49. The average Bonchev–Trinajstić information content (AvgIpc) is 2.21. The number of hydrogen-bond acceptors (Lipinski definition) is 2. The maximum Gasteiger partial charge on any atom is 0.402 e. The lowest BCUT2D eigenvalue weighted by molar-refractivity contribution is -0.121. The van der Waals surface area contributed by atoms with Gasteiger partial charge in [0.05, 0.1) is 15.2 Å². The Morgan fingerprint density at radius 1 is 1.33 bits per heavy atom. The van der Waals surface area contributed by atoms with Crippen molar-refractivity contribution in [2.24, 2.45) is 0 Å². The molecule has 0 aliphatic rings. The molecule has 1 aromatic rings. The van der Waals surface area contributed by atoms with Crippen LogP contribution in [0.5, 0.6) is 0 Å². The number of anilines is 1. The van der Waals surface area contributed by atoms with Crippen LogP contribution in [0.1, 0.15) is 0 Å². The van der Waals surface area contributed by atoms with Crippen LogP contribution >= 0.6 is 27.5 Å². The Balaban J connectivity index is 2.80. The molecular formula is C8H7BrClF3N2O2S. The minimum absolute atomic E-state index is 0.0391. The summed E-state index contributed by atoms with van der Waals surface area (Å²) in [5.41, 5.74) is 0.0391. The highest BCUT2D eigenvalue weighted by molar-refractivity contribution is 9.10. The van der Waals surface area contributed by atoms with Crippen molar-refractivity contribution in [1.82, 2.24) is 4.72 Å². The van der Waals surface area contributed by atoms with Gasteiger partial charge in [0.15, 0.2) is 0 Å². The molecule has 0 heterocycles. The van der Waals surface area contributed by atoms with Crippen LogP contribution in [0, 0.1) is 0 Å². The largest absolute Gasteiger partial charge is 0.402 e. The molecule has 0 bridgehead atoms. The van der Waals surface area contributed by atoms with Crippen LogP contribution in [0.3, 0.4) is 0 Å². The van der Waals surface area contributed by atoms with E-state index in [2.05, 4.69) is 15.9 Å². The fraction of sp³-hybridized carbons (Fsp3) is 0.250. The topological polar surface area (TPSA) is 58.2 Å². The molecule has 10 heteroatoms. The third-order valence-electron chi connectivity index (χ3n) is 1.66. The summed E-state index contributed by atoms with van der Waals surface area (Å²) >= 11 is 8.72. The van der Waals surface area contributed by atoms with E-state index in [0.717, 1.165) is 0 Å². The van der Waals surface area contributed by atoms with Crippen molar-refractivity contribution in [3.8, 4) is 0 Å². The lowest BCUT2D eigenvalue weighted by Gasteiger charge is -2.12. The van der Waals surface area contributed by atoms with Gasteiger partial charge in [-0.25, -0.2) is 0 Å². The predicted molar refractivity (Wildman–Crippen MR) is 65.8 cm³/mol. The van der Waals surface area contributed by atoms with Crippen molar-refractivity contribution in [3.63, 3.8) is 0 Å². The van der Waals surface area contributed by atoms with Crippen molar-refractivity contribution in [2.45, 2.75) is 6.18 Å². The number of hydrogen-bond donors (Lipinski definition) is 2. The van der Waals surface area contributed by atoms with Crippen molar-refractivity contribution in [2.75, 3.05) is 11.3 Å². The normalized spacial score (nSPS) is 12.5. The first-order chi connectivity index (χ1) is 8.11. The van der Waals surface area contributed by atoms with Crippen LogP contribution in [0.25, 0.3) is 0 Å². The van der Waals surface area contributed by atoms with Gasteiger partial charge >= 0.3 is 6.18 Å². The minimum Gasteiger partial charge on any atom is -0.270 e. The zero-order chi connectivity index (χ0) is 14.0. The highest BCUT2D eigenvalue weighted by Gasteiger charge is 2.29. The highest BCUT2D eigenvalue weighted by Crippen LogP contribution is 2.30. The molecule has 0 aliphatic carbocycles. The van der Waals surface area contributed by atoms with E-state index in [1.807, 2.05) is 4.72 Å². The summed E-state index contributed by atoms with van der Waals surface area (Å²) < 4.78 is 61.8. The highest BCUT2D eigenvalue weighted by atomic mass is 79.9. The van der Waals surface area contributed by atoms with Gasteiger partial charge in [-0.05, 0) is 28.1 Å². The Morgan fingerprint density at radius 2 is 1.94 bits per heavy atom. The van der Waals surface area contributed by atoms with Gasteiger partial charge in [-0.3, -0.25) is 4.72 Å². The lowest BCUT2D eigenvalue weighted by Crippen LogP contribution is -2.37. The molecule has 0 aromatic heterocycles. The monoisotopic (exact) mass is 366 g/mol. The van der Waals surface area contributed by atoms with Gasteiger partial charge < -0.3 is 0 Å². The molecule has 0 saturated carbocycles. The summed E-state index contributed by atoms with van der Waals surface area (Å²) in [6, 6.07) is 4.30. The van der Waals surface area contributed by atoms with Crippen LogP contribution in [0.4, 0.5) is 18.9 Å². The Labute approximate surface area is 115 Å². The van der Waals surface area contributed by atoms with E-state index >= 15 is 0 Å². The van der Waals surface area contributed by atoms with Gasteiger partial charge in [-0.1, -0.05) is 17.7 Å². The summed E-state index contributed by atoms with van der Waals surface area (Å²) in [4.78, 5) is 0. The van der Waals surface area contributed by atoms with Gasteiger partial charge in [-0.2, -0.15) is 26.3 Å². The summed E-state index contributed by atoms with van der Waals surface area (Å²) in [5, 5.41) is 0.228. The van der Waals surface area contributed by atoms with Crippen molar-refractivity contribution in [1.29, 1.82) is 0 Å². The first-order valence-electron chi connectivity index (χ1n) is 4.39. The van der Waals surface area contributed by atoms with Crippen LogP contribution in [-0.2, 0) is 10.2 Å². The standard InChI is InChI=1S/C8H7BrClF3N2O2S/c9-7-5(10)2-1-3-6(7)15-18(16,17)14-4-8(11,12)13/h1-3,14-15H,4H2. The molecule has 1 aromatic carbocycles. The van der Waals surface area contributed by atoms with Gasteiger partial charge in [0.1, 0.15) is 6.54 Å². The molecule has 0 atom stereocenters. The van der Waals surface area contributed by atoms with Crippen molar-refractivity contribution < 1.29 is 21.6 Å². The maximum atomic E-state index is 11.9. The molecule has 0 amide bonds. The summed E-state index contributed by atoms with van der Waals surface area (Å²) in [6.07, 6.45) is -4.62. The number of nitrogens with one attached hydrogen (secondary N) is 2. The van der Waals surface area contributed by atoms with Gasteiger partial charge in [0.25, 0.3) is 10.2 Å². The molecule has 0 unspecified atom stereocenters.